The van der Waals surface area contributed by atoms with Crippen molar-refractivity contribution < 1.29 is 0 Å². The Hall–Kier alpha value is 0.580. The highest BCUT2D eigenvalue weighted by Crippen LogP contribution is 2.55. The van der Waals surface area contributed by atoms with Crippen LogP contribution in [0.1, 0.15) is 58.3 Å². The van der Waals surface area contributed by atoms with E-state index >= 15 is 0 Å². The highest BCUT2D eigenvalue weighted by molar-refractivity contribution is 6.50. The first-order valence-electron chi connectivity index (χ1n) is 5.54. The molecule has 0 nitrogen and oxygen atoms in total. The normalized spacial score (nSPS) is 24.7. The zero-order chi connectivity index (χ0) is 9.73. The Morgan fingerprint density at radius 3 is 2.15 bits per heavy atom. The van der Waals surface area contributed by atoms with Gasteiger partial charge in [-0.1, -0.05) is 45.4 Å². The smallest absolute Gasteiger partial charge is 0.101 e. The Bertz CT molecular complexity index is 143. The summed E-state index contributed by atoms with van der Waals surface area (Å²) in [6.45, 7) is 2.25. The predicted molar refractivity (Wildman–Crippen MR) is 60.5 cm³/mol. The zero-order valence-electron chi connectivity index (χ0n) is 8.49. The summed E-state index contributed by atoms with van der Waals surface area (Å²) in [5.74, 6) is 0.599. The average Bonchev–Trinajstić information content (AvgIpc) is 2.67. The van der Waals surface area contributed by atoms with Crippen LogP contribution in [-0.4, -0.2) is 4.33 Å². The molecule has 0 radical (unpaired) electrons. The van der Waals surface area contributed by atoms with Gasteiger partial charge in [0.2, 0.25) is 0 Å². The third-order valence-electron chi connectivity index (χ3n) is 2.86. The van der Waals surface area contributed by atoms with E-state index in [9.17, 15) is 0 Å². The van der Waals surface area contributed by atoms with Crippen LogP contribution in [0.25, 0.3) is 0 Å². The summed E-state index contributed by atoms with van der Waals surface area (Å²) in [5, 5.41) is 0. The maximum absolute atomic E-state index is 5.94. The van der Waals surface area contributed by atoms with E-state index in [0.717, 1.165) is 6.42 Å². The van der Waals surface area contributed by atoms with Crippen molar-refractivity contribution in [2.24, 2.45) is 5.92 Å². The highest BCUT2D eigenvalue weighted by atomic mass is 35.5. The van der Waals surface area contributed by atoms with Gasteiger partial charge in [-0.15, -0.1) is 23.2 Å². The lowest BCUT2D eigenvalue weighted by molar-refractivity contribution is 0.566. The maximum Gasteiger partial charge on any atom is 0.121 e. The second kappa shape index (κ2) is 5.46. The molecule has 1 rings (SSSR count). The third-order valence-corrected chi connectivity index (χ3v) is 3.79. The summed E-state index contributed by atoms with van der Waals surface area (Å²) in [5.41, 5.74) is 0. The molecule has 1 atom stereocenters. The predicted octanol–water partition coefficient (Wildman–Crippen LogP) is 4.93. The largest absolute Gasteiger partial charge is 0.121 e. The Kier molecular flexibility index (Phi) is 4.89. The van der Waals surface area contributed by atoms with E-state index in [1.54, 1.807) is 0 Å². The first-order valence-corrected chi connectivity index (χ1v) is 6.30. The van der Waals surface area contributed by atoms with Crippen molar-refractivity contribution in [1.82, 2.24) is 0 Å². The molecule has 1 aliphatic carbocycles. The molecule has 1 aliphatic rings. The average molecular weight is 223 g/mol. The van der Waals surface area contributed by atoms with Gasteiger partial charge >= 0.3 is 0 Å². The van der Waals surface area contributed by atoms with Crippen molar-refractivity contribution in [3.05, 3.63) is 0 Å². The van der Waals surface area contributed by atoms with Crippen LogP contribution in [0, 0.1) is 5.92 Å². The first kappa shape index (κ1) is 11.7. The zero-order valence-corrected chi connectivity index (χ0v) is 10.0. The number of halogens is 2. The van der Waals surface area contributed by atoms with Crippen LogP contribution in [0.4, 0.5) is 0 Å². The van der Waals surface area contributed by atoms with E-state index in [1.165, 1.54) is 44.9 Å². The molecule has 0 aromatic heterocycles. The van der Waals surface area contributed by atoms with Crippen LogP contribution in [0.2, 0.25) is 0 Å². The molecule has 0 N–H and O–H groups in total. The quantitative estimate of drug-likeness (QED) is 0.424. The minimum Gasteiger partial charge on any atom is -0.101 e. The van der Waals surface area contributed by atoms with Crippen molar-refractivity contribution >= 4 is 23.2 Å². The van der Waals surface area contributed by atoms with Crippen LogP contribution in [0.15, 0.2) is 0 Å². The van der Waals surface area contributed by atoms with E-state index in [-0.39, 0.29) is 4.33 Å². The molecule has 1 saturated carbocycles. The molecule has 0 spiro atoms. The molecule has 13 heavy (non-hydrogen) atoms. The molecule has 0 amide bonds. The SMILES string of the molecule is CCCCCCCC[C@@H]1CC1(Cl)Cl. The van der Waals surface area contributed by atoms with E-state index in [0.29, 0.717) is 5.92 Å². The molecular formula is C11H20Cl2. The monoisotopic (exact) mass is 222 g/mol. The van der Waals surface area contributed by atoms with Crippen LogP contribution >= 0.6 is 23.2 Å². The first-order chi connectivity index (χ1) is 6.17. The van der Waals surface area contributed by atoms with Crippen LogP contribution < -0.4 is 0 Å². The fraction of sp³-hybridized carbons (Fsp3) is 1.00. The number of unbranched alkanes of at least 4 members (excludes halogenated alkanes) is 5. The molecular weight excluding hydrogens is 203 g/mol. The van der Waals surface area contributed by atoms with Gasteiger partial charge in [0.05, 0.1) is 0 Å². The van der Waals surface area contributed by atoms with Crippen molar-refractivity contribution in [3.8, 4) is 0 Å². The van der Waals surface area contributed by atoms with Gasteiger partial charge in [0.15, 0.2) is 0 Å². The molecule has 0 aliphatic heterocycles. The molecule has 0 heterocycles. The standard InChI is InChI=1S/C11H20Cl2/c1-2-3-4-5-6-7-8-10-9-11(10,12)13/h10H,2-9H2,1H3/t10-/m1/s1. The third kappa shape index (κ3) is 4.56. The lowest BCUT2D eigenvalue weighted by Crippen LogP contribution is -1.90. The molecule has 0 aromatic carbocycles. The van der Waals surface area contributed by atoms with Gasteiger partial charge in [-0.05, 0) is 18.8 Å². The van der Waals surface area contributed by atoms with Gasteiger partial charge in [0, 0.05) is 0 Å². The summed E-state index contributed by atoms with van der Waals surface area (Å²) in [4.78, 5) is 0. The fourth-order valence-electron chi connectivity index (χ4n) is 1.75. The van der Waals surface area contributed by atoms with Crippen molar-refractivity contribution in [2.75, 3.05) is 0 Å². The second-order valence-corrected chi connectivity index (χ2v) is 5.76. The summed E-state index contributed by atoms with van der Waals surface area (Å²) >= 11 is 11.9. The molecule has 0 aromatic rings. The van der Waals surface area contributed by atoms with E-state index in [4.69, 9.17) is 23.2 Å². The summed E-state index contributed by atoms with van der Waals surface area (Å²) in [6, 6.07) is 0. The number of alkyl halides is 2. The molecule has 0 bridgehead atoms. The van der Waals surface area contributed by atoms with Crippen LogP contribution in [-0.2, 0) is 0 Å². The van der Waals surface area contributed by atoms with E-state index in [1.807, 2.05) is 0 Å². The van der Waals surface area contributed by atoms with Crippen molar-refractivity contribution in [3.63, 3.8) is 0 Å². The Morgan fingerprint density at radius 2 is 1.62 bits per heavy atom. The van der Waals surface area contributed by atoms with Gasteiger partial charge in [-0.3, -0.25) is 0 Å². The number of hydrogen-bond donors (Lipinski definition) is 0. The minimum atomic E-state index is -0.344. The molecule has 2 heteroatoms. The highest BCUT2D eigenvalue weighted by Gasteiger charge is 2.50. The number of rotatable bonds is 7. The van der Waals surface area contributed by atoms with Crippen molar-refractivity contribution in [1.29, 1.82) is 0 Å². The Morgan fingerprint density at radius 1 is 1.08 bits per heavy atom. The van der Waals surface area contributed by atoms with Crippen LogP contribution in [0.5, 0.6) is 0 Å². The van der Waals surface area contributed by atoms with Crippen LogP contribution in [0.3, 0.4) is 0 Å². The van der Waals surface area contributed by atoms with Gasteiger partial charge in [-0.2, -0.15) is 0 Å². The lowest BCUT2D eigenvalue weighted by Gasteiger charge is -2.00. The van der Waals surface area contributed by atoms with Gasteiger partial charge in [0.1, 0.15) is 4.33 Å². The van der Waals surface area contributed by atoms with Gasteiger partial charge in [0.25, 0.3) is 0 Å². The second-order valence-electron chi connectivity index (χ2n) is 4.22. The fourth-order valence-corrected chi connectivity index (χ4v) is 2.34. The molecule has 0 unspecified atom stereocenters. The molecule has 78 valence electrons. The van der Waals surface area contributed by atoms with Gasteiger partial charge in [-0.25, -0.2) is 0 Å². The van der Waals surface area contributed by atoms with E-state index < -0.39 is 0 Å². The molecule has 1 fully saturated rings. The lowest BCUT2D eigenvalue weighted by atomic mass is 10.1. The summed E-state index contributed by atoms with van der Waals surface area (Å²) in [7, 11) is 0. The van der Waals surface area contributed by atoms with E-state index in [2.05, 4.69) is 6.92 Å². The van der Waals surface area contributed by atoms with Crippen molar-refractivity contribution in [2.45, 2.75) is 62.6 Å². The summed E-state index contributed by atoms with van der Waals surface area (Å²) in [6.07, 6.45) is 10.4. The maximum atomic E-state index is 5.94. The Labute approximate surface area is 92.0 Å². The molecule has 0 saturated heterocycles. The minimum absolute atomic E-state index is 0.344. The van der Waals surface area contributed by atoms with Gasteiger partial charge < -0.3 is 0 Å². The number of hydrogen-bond acceptors (Lipinski definition) is 0. The topological polar surface area (TPSA) is 0 Å². The Balaban J connectivity index is 1.80. The summed E-state index contributed by atoms with van der Waals surface area (Å²) < 4.78 is -0.344.